The van der Waals surface area contributed by atoms with E-state index in [2.05, 4.69) is 9.97 Å². The fourth-order valence-corrected chi connectivity index (χ4v) is 1.87. The van der Waals surface area contributed by atoms with Gasteiger partial charge in [-0.3, -0.25) is 0 Å². The van der Waals surface area contributed by atoms with Crippen LogP contribution in [-0.4, -0.2) is 17.0 Å². The van der Waals surface area contributed by atoms with Crippen LogP contribution in [0.2, 0.25) is 5.15 Å². The molecule has 0 bridgehead atoms. The highest BCUT2D eigenvalue weighted by atomic mass is 35.5. The number of rotatable bonds is 3. The second-order valence-electron chi connectivity index (χ2n) is 3.95. The molecule has 0 atom stereocenters. The van der Waals surface area contributed by atoms with E-state index in [1.54, 1.807) is 6.26 Å². The van der Waals surface area contributed by atoms with Crippen LogP contribution in [0.15, 0.2) is 22.8 Å². The van der Waals surface area contributed by atoms with Crippen LogP contribution in [0.5, 0.6) is 0 Å². The average molecular weight is 252 g/mol. The maximum Gasteiger partial charge on any atom is 0.137 e. The van der Waals surface area contributed by atoms with Crippen molar-refractivity contribution in [2.24, 2.45) is 0 Å². The van der Waals surface area contributed by atoms with Crippen molar-refractivity contribution in [3.63, 3.8) is 0 Å². The molecule has 2 heterocycles. The molecule has 0 saturated carbocycles. The minimum atomic E-state index is 0.499. The van der Waals surface area contributed by atoms with Gasteiger partial charge in [-0.2, -0.15) is 0 Å². The molecular formula is C12H14ClN3O. The first-order valence-corrected chi connectivity index (χ1v) is 5.70. The Labute approximate surface area is 105 Å². The van der Waals surface area contributed by atoms with Crippen molar-refractivity contribution in [2.45, 2.75) is 20.4 Å². The molecule has 0 N–H and O–H groups in total. The van der Waals surface area contributed by atoms with Crippen LogP contribution in [0, 0.1) is 13.8 Å². The van der Waals surface area contributed by atoms with Crippen LogP contribution < -0.4 is 4.90 Å². The van der Waals surface area contributed by atoms with Crippen molar-refractivity contribution in [3.8, 4) is 0 Å². The zero-order valence-corrected chi connectivity index (χ0v) is 10.8. The van der Waals surface area contributed by atoms with Gasteiger partial charge < -0.3 is 9.32 Å². The highest BCUT2D eigenvalue weighted by Crippen LogP contribution is 2.23. The van der Waals surface area contributed by atoms with Crippen LogP contribution in [0.4, 0.5) is 5.82 Å². The molecule has 4 nitrogen and oxygen atoms in total. The summed E-state index contributed by atoms with van der Waals surface area (Å²) in [5.74, 6) is 2.39. The van der Waals surface area contributed by atoms with E-state index in [0.717, 1.165) is 17.1 Å². The van der Waals surface area contributed by atoms with Crippen LogP contribution >= 0.6 is 11.6 Å². The van der Waals surface area contributed by atoms with E-state index < -0.39 is 0 Å². The van der Waals surface area contributed by atoms with E-state index >= 15 is 0 Å². The lowest BCUT2D eigenvalue weighted by molar-refractivity contribution is 0.506. The van der Waals surface area contributed by atoms with Crippen LogP contribution in [0.25, 0.3) is 0 Å². The fraction of sp³-hybridized carbons (Fsp3) is 0.333. The molecule has 5 heteroatoms. The third-order valence-electron chi connectivity index (χ3n) is 2.51. The van der Waals surface area contributed by atoms with Gasteiger partial charge in [-0.05, 0) is 26.0 Å². The summed E-state index contributed by atoms with van der Waals surface area (Å²) < 4.78 is 5.31. The largest absolute Gasteiger partial charge is 0.467 e. The van der Waals surface area contributed by atoms with E-state index in [-0.39, 0.29) is 0 Å². The molecule has 0 saturated heterocycles. The molecule has 90 valence electrons. The predicted molar refractivity (Wildman–Crippen MR) is 67.3 cm³/mol. The molecule has 17 heavy (non-hydrogen) atoms. The molecule has 0 spiro atoms. The van der Waals surface area contributed by atoms with Gasteiger partial charge in [-0.15, -0.1) is 0 Å². The topological polar surface area (TPSA) is 42.2 Å². The third kappa shape index (κ3) is 2.58. The normalized spacial score (nSPS) is 10.6. The van der Waals surface area contributed by atoms with E-state index in [1.807, 2.05) is 37.9 Å². The summed E-state index contributed by atoms with van der Waals surface area (Å²) in [5, 5.41) is 0.499. The first-order valence-electron chi connectivity index (χ1n) is 5.32. The summed E-state index contributed by atoms with van der Waals surface area (Å²) in [6, 6.07) is 3.80. The maximum absolute atomic E-state index is 6.04. The summed E-state index contributed by atoms with van der Waals surface area (Å²) in [6.45, 7) is 4.39. The smallest absolute Gasteiger partial charge is 0.137 e. The first kappa shape index (κ1) is 11.9. The van der Waals surface area contributed by atoms with Gasteiger partial charge in [0.1, 0.15) is 22.6 Å². The molecule has 0 radical (unpaired) electrons. The Kier molecular flexibility index (Phi) is 3.33. The van der Waals surface area contributed by atoms with Gasteiger partial charge >= 0.3 is 0 Å². The molecular weight excluding hydrogens is 238 g/mol. The number of halogens is 1. The van der Waals surface area contributed by atoms with Crippen molar-refractivity contribution in [1.29, 1.82) is 0 Å². The molecule has 0 aromatic carbocycles. The monoisotopic (exact) mass is 251 g/mol. The van der Waals surface area contributed by atoms with E-state index in [1.165, 1.54) is 0 Å². The Balaban J connectivity index is 2.27. The summed E-state index contributed by atoms with van der Waals surface area (Å²) in [4.78, 5) is 10.5. The summed E-state index contributed by atoms with van der Waals surface area (Å²) in [7, 11) is 1.95. The number of hydrogen-bond donors (Lipinski definition) is 0. The Morgan fingerprint density at radius 2 is 2.12 bits per heavy atom. The molecule has 0 aliphatic carbocycles. The van der Waals surface area contributed by atoms with Gasteiger partial charge in [0, 0.05) is 12.6 Å². The fourth-order valence-electron chi connectivity index (χ4n) is 1.66. The van der Waals surface area contributed by atoms with Crippen LogP contribution in [0.3, 0.4) is 0 Å². The minimum absolute atomic E-state index is 0.499. The van der Waals surface area contributed by atoms with Crippen molar-refractivity contribution >= 4 is 17.4 Å². The summed E-state index contributed by atoms with van der Waals surface area (Å²) >= 11 is 6.04. The molecule has 2 aromatic heterocycles. The lowest BCUT2D eigenvalue weighted by Crippen LogP contribution is -2.19. The second-order valence-corrected chi connectivity index (χ2v) is 4.30. The number of nitrogens with zero attached hydrogens (tertiary/aromatic N) is 3. The SMILES string of the molecule is Cc1nc(Cl)c(C)c(N(C)Cc2ccco2)n1. The second kappa shape index (κ2) is 4.75. The Morgan fingerprint density at radius 3 is 2.76 bits per heavy atom. The van der Waals surface area contributed by atoms with Gasteiger partial charge in [-0.25, -0.2) is 9.97 Å². The Morgan fingerprint density at radius 1 is 1.35 bits per heavy atom. The molecule has 0 aliphatic rings. The molecule has 0 aliphatic heterocycles. The van der Waals surface area contributed by atoms with Gasteiger partial charge in [0.2, 0.25) is 0 Å². The molecule has 0 fully saturated rings. The molecule has 2 aromatic rings. The average Bonchev–Trinajstić information content (AvgIpc) is 2.76. The third-order valence-corrected chi connectivity index (χ3v) is 2.88. The number of aryl methyl sites for hydroxylation is 1. The highest BCUT2D eigenvalue weighted by Gasteiger charge is 2.12. The van der Waals surface area contributed by atoms with Crippen LogP contribution in [0.1, 0.15) is 17.1 Å². The number of furan rings is 1. The predicted octanol–water partition coefficient (Wildman–Crippen LogP) is 2.98. The Hall–Kier alpha value is -1.55. The molecule has 2 rings (SSSR count). The quantitative estimate of drug-likeness (QED) is 0.787. The van der Waals surface area contributed by atoms with Crippen molar-refractivity contribution < 1.29 is 4.42 Å². The van der Waals surface area contributed by atoms with Gasteiger partial charge in [0.15, 0.2) is 0 Å². The highest BCUT2D eigenvalue weighted by molar-refractivity contribution is 6.30. The van der Waals surface area contributed by atoms with E-state index in [9.17, 15) is 0 Å². The summed E-state index contributed by atoms with van der Waals surface area (Å²) in [6.07, 6.45) is 1.66. The zero-order valence-electron chi connectivity index (χ0n) is 10.1. The van der Waals surface area contributed by atoms with Gasteiger partial charge in [0.05, 0.1) is 12.8 Å². The standard InChI is InChI=1S/C12H14ClN3O/c1-8-11(13)14-9(2)15-12(8)16(3)7-10-5-4-6-17-10/h4-6H,7H2,1-3H3. The Bertz CT molecular complexity index is 511. The van der Waals surface area contributed by atoms with Gasteiger partial charge in [0.25, 0.3) is 0 Å². The lowest BCUT2D eigenvalue weighted by atomic mass is 10.3. The number of aromatic nitrogens is 2. The zero-order chi connectivity index (χ0) is 12.4. The van der Waals surface area contributed by atoms with Crippen molar-refractivity contribution in [2.75, 3.05) is 11.9 Å². The van der Waals surface area contributed by atoms with E-state index in [4.69, 9.17) is 16.0 Å². The minimum Gasteiger partial charge on any atom is -0.467 e. The lowest BCUT2D eigenvalue weighted by Gasteiger charge is -2.19. The van der Waals surface area contributed by atoms with E-state index in [0.29, 0.717) is 17.5 Å². The van der Waals surface area contributed by atoms with Gasteiger partial charge in [-0.1, -0.05) is 11.6 Å². The molecule has 0 amide bonds. The summed E-state index contributed by atoms with van der Waals surface area (Å²) in [5.41, 5.74) is 0.881. The maximum atomic E-state index is 6.04. The number of hydrogen-bond acceptors (Lipinski definition) is 4. The van der Waals surface area contributed by atoms with Crippen LogP contribution in [-0.2, 0) is 6.54 Å². The van der Waals surface area contributed by atoms with Crippen molar-refractivity contribution in [1.82, 2.24) is 9.97 Å². The first-order chi connectivity index (χ1) is 8.08. The molecule has 0 unspecified atom stereocenters. The van der Waals surface area contributed by atoms with Crippen molar-refractivity contribution in [3.05, 3.63) is 40.7 Å². The number of anilines is 1.